The molecule has 2 saturated heterocycles. The van der Waals surface area contributed by atoms with E-state index in [1.165, 1.54) is 10.4 Å². The highest BCUT2D eigenvalue weighted by Gasteiger charge is 2.39. The summed E-state index contributed by atoms with van der Waals surface area (Å²) in [5.41, 5.74) is 1.36. The third kappa shape index (κ3) is 4.20. The zero-order chi connectivity index (χ0) is 21.1. The van der Waals surface area contributed by atoms with Gasteiger partial charge in [0.15, 0.2) is 0 Å². The van der Waals surface area contributed by atoms with Crippen LogP contribution >= 0.6 is 0 Å². The van der Waals surface area contributed by atoms with Gasteiger partial charge in [0.25, 0.3) is 0 Å². The van der Waals surface area contributed by atoms with Crippen LogP contribution in [0.5, 0.6) is 0 Å². The molecule has 0 radical (unpaired) electrons. The summed E-state index contributed by atoms with van der Waals surface area (Å²) in [6, 6.07) is 12.3. The summed E-state index contributed by atoms with van der Waals surface area (Å²) in [6.45, 7) is 2.23. The highest BCUT2D eigenvalue weighted by atomic mass is 32.2. The molecular formula is C22H26FN3O3S. The second-order valence-electron chi connectivity index (χ2n) is 7.78. The van der Waals surface area contributed by atoms with Crippen molar-refractivity contribution in [1.29, 1.82) is 0 Å². The molecule has 160 valence electrons. The molecule has 2 aromatic rings. The summed E-state index contributed by atoms with van der Waals surface area (Å²) in [4.78, 5) is 15.0. The summed E-state index contributed by atoms with van der Waals surface area (Å²) < 4.78 is 41.4. The summed E-state index contributed by atoms with van der Waals surface area (Å²) in [5, 5.41) is 2.85. The molecule has 6 nitrogen and oxygen atoms in total. The third-order valence-electron chi connectivity index (χ3n) is 5.78. The molecule has 0 aliphatic carbocycles. The number of rotatable bonds is 6. The minimum Gasteiger partial charge on any atom is -0.369 e. The van der Waals surface area contributed by atoms with Gasteiger partial charge in [-0.3, -0.25) is 4.79 Å². The highest BCUT2D eigenvalue weighted by Crippen LogP contribution is 2.27. The van der Waals surface area contributed by atoms with E-state index in [4.69, 9.17) is 0 Å². The molecule has 0 aromatic heterocycles. The minimum absolute atomic E-state index is 0.193. The summed E-state index contributed by atoms with van der Waals surface area (Å²) in [7, 11) is -3.72. The number of carbonyl (C=O) groups is 1. The molecule has 2 aromatic carbocycles. The largest absolute Gasteiger partial charge is 0.369 e. The van der Waals surface area contributed by atoms with Gasteiger partial charge in [-0.15, -0.1) is 0 Å². The molecule has 0 spiro atoms. The monoisotopic (exact) mass is 431 g/mol. The van der Waals surface area contributed by atoms with Crippen LogP contribution in [0.4, 0.5) is 10.1 Å². The average molecular weight is 432 g/mol. The molecule has 2 fully saturated rings. The Bertz CT molecular complexity index is 1010. The van der Waals surface area contributed by atoms with E-state index in [-0.39, 0.29) is 23.2 Å². The number of hydrogen-bond donors (Lipinski definition) is 1. The normalized spacial score (nSPS) is 19.9. The van der Waals surface area contributed by atoms with Gasteiger partial charge in [-0.2, -0.15) is 4.31 Å². The zero-order valence-corrected chi connectivity index (χ0v) is 17.6. The van der Waals surface area contributed by atoms with Gasteiger partial charge in [0, 0.05) is 26.2 Å². The molecule has 1 amide bonds. The Balaban J connectivity index is 1.44. The highest BCUT2D eigenvalue weighted by molar-refractivity contribution is 7.89. The molecule has 0 saturated carbocycles. The second kappa shape index (κ2) is 8.73. The van der Waals surface area contributed by atoms with Crippen molar-refractivity contribution in [3.63, 3.8) is 0 Å². The number of sulfonamides is 1. The van der Waals surface area contributed by atoms with Crippen LogP contribution in [0.3, 0.4) is 0 Å². The lowest BCUT2D eigenvalue weighted by molar-refractivity contribution is -0.124. The van der Waals surface area contributed by atoms with E-state index in [1.54, 1.807) is 42.5 Å². The fourth-order valence-corrected chi connectivity index (χ4v) is 5.87. The van der Waals surface area contributed by atoms with E-state index in [0.717, 1.165) is 31.5 Å². The standard InChI is InChI=1S/C22H26FN3O3S/c23-19-11-10-17(15-21(19)25-12-4-5-13-25)16-24-22(27)20-9-6-14-26(20)30(28,29)18-7-2-1-3-8-18/h1-3,7-8,10-11,15,20H,4-6,9,12-14,16H2,(H,24,27). The first-order valence-electron chi connectivity index (χ1n) is 10.3. The smallest absolute Gasteiger partial charge is 0.243 e. The number of anilines is 1. The van der Waals surface area contributed by atoms with Crippen LogP contribution < -0.4 is 10.2 Å². The van der Waals surface area contributed by atoms with Crippen molar-refractivity contribution in [1.82, 2.24) is 9.62 Å². The maximum atomic E-state index is 14.2. The molecule has 2 heterocycles. The lowest BCUT2D eigenvalue weighted by atomic mass is 10.1. The van der Waals surface area contributed by atoms with Gasteiger partial charge in [0.05, 0.1) is 10.6 Å². The maximum absolute atomic E-state index is 14.2. The first kappa shape index (κ1) is 20.8. The van der Waals surface area contributed by atoms with Gasteiger partial charge in [-0.05, 0) is 55.5 Å². The van der Waals surface area contributed by atoms with Gasteiger partial charge in [0.2, 0.25) is 15.9 Å². The Labute approximate surface area is 176 Å². The topological polar surface area (TPSA) is 69.7 Å². The van der Waals surface area contributed by atoms with Crippen LogP contribution in [0.1, 0.15) is 31.2 Å². The molecule has 4 rings (SSSR count). The molecular weight excluding hydrogens is 405 g/mol. The van der Waals surface area contributed by atoms with E-state index in [2.05, 4.69) is 5.32 Å². The molecule has 8 heteroatoms. The number of amides is 1. The number of halogens is 1. The molecule has 2 aliphatic heterocycles. The van der Waals surface area contributed by atoms with Crippen LogP contribution in [0, 0.1) is 5.82 Å². The van der Waals surface area contributed by atoms with Crippen molar-refractivity contribution in [2.45, 2.75) is 43.2 Å². The fraction of sp³-hybridized carbons (Fsp3) is 0.409. The summed E-state index contributed by atoms with van der Waals surface area (Å²) in [5.74, 6) is -0.582. The van der Waals surface area contributed by atoms with E-state index < -0.39 is 16.1 Å². The van der Waals surface area contributed by atoms with Gasteiger partial charge in [0.1, 0.15) is 11.9 Å². The van der Waals surface area contributed by atoms with Crippen LogP contribution in [0.25, 0.3) is 0 Å². The van der Waals surface area contributed by atoms with E-state index in [1.807, 2.05) is 4.90 Å². The number of hydrogen-bond acceptors (Lipinski definition) is 4. The average Bonchev–Trinajstić information content (AvgIpc) is 3.46. The number of carbonyl (C=O) groups excluding carboxylic acids is 1. The number of benzene rings is 2. The third-order valence-corrected chi connectivity index (χ3v) is 7.70. The Morgan fingerprint density at radius 1 is 1.03 bits per heavy atom. The molecule has 1 N–H and O–H groups in total. The first-order chi connectivity index (χ1) is 14.5. The van der Waals surface area contributed by atoms with E-state index >= 15 is 0 Å². The second-order valence-corrected chi connectivity index (χ2v) is 9.68. The summed E-state index contributed by atoms with van der Waals surface area (Å²) in [6.07, 6.45) is 3.22. The Morgan fingerprint density at radius 3 is 2.50 bits per heavy atom. The van der Waals surface area contributed by atoms with Gasteiger partial charge < -0.3 is 10.2 Å². The van der Waals surface area contributed by atoms with Gasteiger partial charge in [-0.25, -0.2) is 12.8 Å². The fourth-order valence-electron chi connectivity index (χ4n) is 4.19. The molecule has 0 bridgehead atoms. The number of nitrogens with zero attached hydrogens (tertiary/aromatic N) is 2. The zero-order valence-electron chi connectivity index (χ0n) is 16.8. The quantitative estimate of drug-likeness (QED) is 0.764. The molecule has 30 heavy (non-hydrogen) atoms. The lowest BCUT2D eigenvalue weighted by Crippen LogP contribution is -2.45. The minimum atomic E-state index is -3.72. The Morgan fingerprint density at radius 2 is 1.77 bits per heavy atom. The van der Waals surface area contributed by atoms with E-state index in [9.17, 15) is 17.6 Å². The van der Waals surface area contributed by atoms with Crippen LogP contribution in [0.15, 0.2) is 53.4 Å². The predicted molar refractivity (Wildman–Crippen MR) is 113 cm³/mol. The maximum Gasteiger partial charge on any atom is 0.243 e. The van der Waals surface area contributed by atoms with Crippen molar-refractivity contribution < 1.29 is 17.6 Å². The van der Waals surface area contributed by atoms with E-state index in [0.29, 0.717) is 25.1 Å². The van der Waals surface area contributed by atoms with Crippen LogP contribution in [0.2, 0.25) is 0 Å². The molecule has 2 aliphatic rings. The van der Waals surface area contributed by atoms with Crippen molar-refractivity contribution in [3.8, 4) is 0 Å². The lowest BCUT2D eigenvalue weighted by Gasteiger charge is -2.23. The number of nitrogens with one attached hydrogen (secondary N) is 1. The molecule has 1 unspecified atom stereocenters. The van der Waals surface area contributed by atoms with Crippen molar-refractivity contribution in [2.75, 3.05) is 24.5 Å². The van der Waals surface area contributed by atoms with Gasteiger partial charge in [-0.1, -0.05) is 24.3 Å². The summed E-state index contributed by atoms with van der Waals surface area (Å²) >= 11 is 0. The molecule has 1 atom stereocenters. The predicted octanol–water partition coefficient (Wildman–Crippen LogP) is 2.90. The van der Waals surface area contributed by atoms with Crippen LogP contribution in [-0.4, -0.2) is 44.3 Å². The Hall–Kier alpha value is -2.45. The first-order valence-corrected chi connectivity index (χ1v) is 11.8. The van der Waals surface area contributed by atoms with Crippen molar-refractivity contribution >= 4 is 21.6 Å². The van der Waals surface area contributed by atoms with Gasteiger partial charge >= 0.3 is 0 Å². The SMILES string of the molecule is O=C(NCc1ccc(F)c(N2CCCC2)c1)C1CCCN1S(=O)(=O)c1ccccc1. The Kier molecular flexibility index (Phi) is 6.06. The van der Waals surface area contributed by atoms with Crippen LogP contribution in [-0.2, 0) is 21.4 Å². The van der Waals surface area contributed by atoms with Crippen molar-refractivity contribution in [3.05, 3.63) is 59.9 Å². The van der Waals surface area contributed by atoms with Crippen molar-refractivity contribution in [2.24, 2.45) is 0 Å².